The minimum Gasteiger partial charge on any atom is -0.463 e. The highest BCUT2D eigenvalue weighted by Crippen LogP contribution is 2.32. The fourth-order valence-electron chi connectivity index (χ4n) is 2.49. The van der Waals surface area contributed by atoms with Gasteiger partial charge in [0.15, 0.2) is 12.3 Å². The van der Waals surface area contributed by atoms with Gasteiger partial charge in [0.1, 0.15) is 18.8 Å². The van der Waals surface area contributed by atoms with Gasteiger partial charge >= 0.3 is 23.3 Å². The second-order valence-corrected chi connectivity index (χ2v) is 5.62. The Morgan fingerprint density at radius 1 is 1.52 bits per heavy atom. The molecule has 0 aromatic carbocycles. The second kappa shape index (κ2) is 8.09. The van der Waals surface area contributed by atoms with Gasteiger partial charge in [-0.05, 0) is 0 Å². The van der Waals surface area contributed by atoms with Crippen LogP contribution in [0.2, 0.25) is 0 Å². The number of hydrogen-bond acceptors (Lipinski definition) is 11. The third-order valence-corrected chi connectivity index (χ3v) is 3.74. The second-order valence-electron chi connectivity index (χ2n) is 5.62. The Bertz CT molecular complexity index is 808. The van der Waals surface area contributed by atoms with E-state index in [9.17, 15) is 29.6 Å². The Hall–Kier alpha value is -3.06. The monoisotopic (exact) mass is 386 g/mol. The van der Waals surface area contributed by atoms with Crippen LogP contribution in [-0.2, 0) is 23.8 Å². The van der Waals surface area contributed by atoms with Crippen molar-refractivity contribution < 1.29 is 33.8 Å². The Morgan fingerprint density at radius 3 is 2.74 bits per heavy atom. The van der Waals surface area contributed by atoms with E-state index in [-0.39, 0.29) is 13.0 Å². The summed E-state index contributed by atoms with van der Waals surface area (Å²) in [7, 11) is 0. The number of hydrogen-bond donors (Lipinski definition) is 2. The molecule has 0 amide bonds. The third kappa shape index (κ3) is 4.38. The number of aromatic nitrogens is 2. The molecule has 1 fully saturated rings. The molecule has 4 atom stereocenters. The SMILES string of the molecule is CCC(=O)OC[C@H]1O[C@@H](n2cc([N+](=O)[O-])c(N)nc2=O)[C@@H](O)[C@@H]1OC(C)=O. The lowest BCUT2D eigenvalue weighted by atomic mass is 10.1. The average molecular weight is 386 g/mol. The summed E-state index contributed by atoms with van der Waals surface area (Å²) in [6.07, 6.45) is -4.58. The number of ether oxygens (including phenoxy) is 3. The smallest absolute Gasteiger partial charge is 0.352 e. The van der Waals surface area contributed by atoms with E-state index in [0.717, 1.165) is 13.1 Å². The molecule has 0 spiro atoms. The van der Waals surface area contributed by atoms with Crippen LogP contribution in [0.15, 0.2) is 11.0 Å². The van der Waals surface area contributed by atoms with Crippen LogP contribution in [-0.4, -0.2) is 56.4 Å². The van der Waals surface area contributed by atoms with Crippen molar-refractivity contribution in [3.05, 3.63) is 26.8 Å². The standard InChI is InChI=1S/C14H18N4O9/c1-3-9(20)25-5-8-11(26-6(2)19)10(21)13(27-8)17-4-7(18(23)24)12(15)16-14(17)22/h4,8,10-11,13,21H,3,5H2,1-2H3,(H2,15,16,22)/t8-,10+,11-,13-/m1/s1. The first kappa shape index (κ1) is 20.3. The van der Waals surface area contributed by atoms with Crippen LogP contribution in [0, 0.1) is 10.1 Å². The van der Waals surface area contributed by atoms with Gasteiger partial charge in [-0.2, -0.15) is 4.98 Å². The molecular formula is C14H18N4O9. The highest BCUT2D eigenvalue weighted by atomic mass is 16.6. The maximum atomic E-state index is 12.1. The van der Waals surface area contributed by atoms with E-state index in [4.69, 9.17) is 19.9 Å². The normalized spacial score (nSPS) is 24.4. The molecule has 2 rings (SSSR count). The van der Waals surface area contributed by atoms with Crippen LogP contribution in [0.4, 0.5) is 11.5 Å². The minimum absolute atomic E-state index is 0.0878. The Balaban J connectivity index is 2.36. The predicted molar refractivity (Wildman–Crippen MR) is 86.3 cm³/mol. The molecule has 0 saturated carbocycles. The van der Waals surface area contributed by atoms with E-state index >= 15 is 0 Å². The van der Waals surface area contributed by atoms with Crippen LogP contribution in [0.5, 0.6) is 0 Å². The van der Waals surface area contributed by atoms with Gasteiger partial charge in [-0.15, -0.1) is 0 Å². The number of carbonyl (C=O) groups is 2. The Labute approximate surface area is 151 Å². The first-order valence-electron chi connectivity index (χ1n) is 7.85. The lowest BCUT2D eigenvalue weighted by Gasteiger charge is -2.19. The zero-order valence-corrected chi connectivity index (χ0v) is 14.4. The van der Waals surface area contributed by atoms with Gasteiger partial charge in [-0.3, -0.25) is 24.3 Å². The number of nitrogens with zero attached hydrogens (tertiary/aromatic N) is 3. The predicted octanol–water partition coefficient (Wildman–Crippen LogP) is -1.12. The Morgan fingerprint density at radius 2 is 2.19 bits per heavy atom. The molecule has 3 N–H and O–H groups in total. The number of carbonyl (C=O) groups excluding carboxylic acids is 2. The van der Waals surface area contributed by atoms with Gasteiger partial charge in [-0.1, -0.05) is 6.92 Å². The number of aliphatic hydroxyl groups excluding tert-OH is 1. The fraction of sp³-hybridized carbons (Fsp3) is 0.571. The lowest BCUT2D eigenvalue weighted by Crippen LogP contribution is -2.39. The van der Waals surface area contributed by atoms with Gasteiger partial charge in [0.25, 0.3) is 0 Å². The average Bonchev–Trinajstić information content (AvgIpc) is 2.88. The van der Waals surface area contributed by atoms with Crippen molar-refractivity contribution in [3.63, 3.8) is 0 Å². The van der Waals surface area contributed by atoms with Crippen molar-refractivity contribution in [2.45, 2.75) is 44.8 Å². The van der Waals surface area contributed by atoms with Gasteiger partial charge in [-0.25, -0.2) is 4.79 Å². The van der Waals surface area contributed by atoms with Crippen molar-refractivity contribution in [1.82, 2.24) is 9.55 Å². The first-order valence-corrected chi connectivity index (χ1v) is 7.85. The largest absolute Gasteiger partial charge is 0.463 e. The van der Waals surface area contributed by atoms with Crippen molar-refractivity contribution in [1.29, 1.82) is 0 Å². The number of anilines is 1. The molecule has 1 aliphatic heterocycles. The zero-order chi connectivity index (χ0) is 20.3. The molecule has 0 radical (unpaired) electrons. The molecule has 2 heterocycles. The van der Waals surface area contributed by atoms with E-state index in [2.05, 4.69) is 4.98 Å². The van der Waals surface area contributed by atoms with Gasteiger partial charge in [0.05, 0.1) is 11.1 Å². The topological polar surface area (TPSA) is 186 Å². The number of nitro groups is 1. The molecule has 13 nitrogen and oxygen atoms in total. The molecule has 13 heteroatoms. The van der Waals surface area contributed by atoms with Crippen molar-refractivity contribution in [2.24, 2.45) is 0 Å². The summed E-state index contributed by atoms with van der Waals surface area (Å²) in [6.45, 7) is 2.30. The lowest BCUT2D eigenvalue weighted by molar-refractivity contribution is -0.384. The van der Waals surface area contributed by atoms with Crippen LogP contribution in [0.1, 0.15) is 26.5 Å². The van der Waals surface area contributed by atoms with Gasteiger partial charge in [0, 0.05) is 13.3 Å². The summed E-state index contributed by atoms with van der Waals surface area (Å²) in [5, 5.41) is 21.4. The first-order chi connectivity index (χ1) is 12.6. The summed E-state index contributed by atoms with van der Waals surface area (Å²) in [5.74, 6) is -1.90. The number of esters is 2. The number of aliphatic hydroxyl groups is 1. The number of nitrogens with two attached hydrogens (primary N) is 1. The Kier molecular flexibility index (Phi) is 6.07. The molecule has 0 aliphatic carbocycles. The summed E-state index contributed by atoms with van der Waals surface area (Å²) >= 11 is 0. The summed E-state index contributed by atoms with van der Waals surface area (Å²) in [6, 6.07) is 0. The zero-order valence-electron chi connectivity index (χ0n) is 14.4. The van der Waals surface area contributed by atoms with Gasteiger partial charge in [0.2, 0.25) is 5.82 Å². The highest BCUT2D eigenvalue weighted by Gasteiger charge is 2.48. The number of rotatable bonds is 6. The summed E-state index contributed by atoms with van der Waals surface area (Å²) < 4.78 is 16.1. The van der Waals surface area contributed by atoms with Crippen molar-refractivity contribution >= 4 is 23.4 Å². The third-order valence-electron chi connectivity index (χ3n) is 3.74. The van der Waals surface area contributed by atoms with E-state index in [1.807, 2.05) is 0 Å². The van der Waals surface area contributed by atoms with E-state index in [1.54, 1.807) is 6.92 Å². The maximum Gasteiger partial charge on any atom is 0.352 e. The molecule has 1 aromatic heterocycles. The number of nitrogen functional groups attached to an aromatic ring is 1. The molecule has 1 aromatic rings. The molecule has 148 valence electrons. The molecule has 0 bridgehead atoms. The quantitative estimate of drug-likeness (QED) is 0.342. The van der Waals surface area contributed by atoms with Crippen LogP contribution < -0.4 is 11.4 Å². The van der Waals surface area contributed by atoms with Gasteiger partial charge < -0.3 is 25.1 Å². The summed E-state index contributed by atoms with van der Waals surface area (Å²) in [5.41, 5.74) is 3.66. The molecule has 1 aliphatic rings. The van der Waals surface area contributed by atoms with Crippen molar-refractivity contribution in [3.8, 4) is 0 Å². The van der Waals surface area contributed by atoms with E-state index in [0.29, 0.717) is 4.57 Å². The van der Waals surface area contributed by atoms with Crippen LogP contribution in [0.3, 0.4) is 0 Å². The van der Waals surface area contributed by atoms with E-state index in [1.165, 1.54) is 0 Å². The molecule has 27 heavy (non-hydrogen) atoms. The van der Waals surface area contributed by atoms with E-state index < -0.39 is 58.6 Å². The minimum atomic E-state index is -1.58. The molecule has 0 unspecified atom stereocenters. The highest BCUT2D eigenvalue weighted by molar-refractivity contribution is 5.69. The van der Waals surface area contributed by atoms with Crippen LogP contribution >= 0.6 is 0 Å². The maximum absolute atomic E-state index is 12.1. The molecule has 1 saturated heterocycles. The van der Waals surface area contributed by atoms with Crippen LogP contribution in [0.25, 0.3) is 0 Å². The fourth-order valence-corrected chi connectivity index (χ4v) is 2.49. The summed E-state index contributed by atoms with van der Waals surface area (Å²) in [4.78, 5) is 48.2. The molecular weight excluding hydrogens is 368 g/mol. The van der Waals surface area contributed by atoms with Crippen molar-refractivity contribution in [2.75, 3.05) is 12.3 Å².